The minimum Gasteiger partial charge on any atom is -0.481 e. The molecule has 0 bridgehead atoms. The molecule has 1 amide bonds. The summed E-state index contributed by atoms with van der Waals surface area (Å²) in [5, 5.41) is 12.9. The van der Waals surface area contributed by atoms with Gasteiger partial charge in [0.15, 0.2) is 0 Å². The van der Waals surface area contributed by atoms with Gasteiger partial charge in [-0.2, -0.15) is 0 Å². The molecule has 0 aliphatic carbocycles. The number of carbonyl (C=O) groups is 2. The van der Waals surface area contributed by atoms with Crippen LogP contribution in [0.25, 0.3) is 0 Å². The van der Waals surface area contributed by atoms with Crippen molar-refractivity contribution in [2.45, 2.75) is 33.1 Å². The van der Waals surface area contributed by atoms with Crippen molar-refractivity contribution < 1.29 is 19.2 Å². The number of likely N-dealkylation sites (tertiary alicyclic amines) is 1. The molecule has 1 saturated heterocycles. The topological polar surface area (TPSA) is 83.6 Å². The number of aromatic nitrogens is 1. The van der Waals surface area contributed by atoms with E-state index in [4.69, 9.17) is 9.63 Å². The predicted octanol–water partition coefficient (Wildman–Crippen LogP) is 1.48. The number of carbonyl (C=O) groups excluding carboxylic acids is 1. The van der Waals surface area contributed by atoms with Crippen molar-refractivity contribution in [3.05, 3.63) is 17.0 Å². The van der Waals surface area contributed by atoms with Gasteiger partial charge in [0.05, 0.1) is 11.6 Å². The van der Waals surface area contributed by atoms with Crippen molar-refractivity contribution in [1.29, 1.82) is 0 Å². The number of piperidine rings is 1. The molecule has 1 aliphatic heterocycles. The van der Waals surface area contributed by atoms with Gasteiger partial charge in [-0.1, -0.05) is 12.1 Å². The summed E-state index contributed by atoms with van der Waals surface area (Å²) in [5.41, 5.74) is 1.13. The Kier molecular flexibility index (Phi) is 3.87. The summed E-state index contributed by atoms with van der Waals surface area (Å²) in [6.45, 7) is 4.47. The first-order valence-electron chi connectivity index (χ1n) is 6.51. The van der Waals surface area contributed by atoms with Crippen molar-refractivity contribution in [2.75, 3.05) is 13.1 Å². The summed E-state index contributed by atoms with van der Waals surface area (Å²) in [6, 6.07) is 0. The van der Waals surface area contributed by atoms with Crippen LogP contribution in [-0.4, -0.2) is 40.1 Å². The SMILES string of the molecule is CCc1noc(C)c1C(=O)N1CCC[C@H](C(=O)O)C1. The highest BCUT2D eigenvalue weighted by molar-refractivity contribution is 5.96. The van der Waals surface area contributed by atoms with Crippen LogP contribution < -0.4 is 0 Å². The molecule has 1 N–H and O–H groups in total. The van der Waals surface area contributed by atoms with E-state index in [1.165, 1.54) is 0 Å². The van der Waals surface area contributed by atoms with E-state index < -0.39 is 11.9 Å². The maximum absolute atomic E-state index is 12.5. The van der Waals surface area contributed by atoms with E-state index in [9.17, 15) is 9.59 Å². The molecule has 1 aromatic heterocycles. The zero-order chi connectivity index (χ0) is 14.0. The molecule has 104 valence electrons. The second-order valence-corrected chi connectivity index (χ2v) is 4.84. The number of aryl methyl sites for hydroxylation is 2. The third kappa shape index (κ3) is 2.62. The van der Waals surface area contributed by atoms with Crippen LogP contribution in [0.15, 0.2) is 4.52 Å². The smallest absolute Gasteiger partial charge is 0.308 e. The first-order valence-corrected chi connectivity index (χ1v) is 6.51. The molecule has 6 heteroatoms. The Labute approximate surface area is 111 Å². The van der Waals surface area contributed by atoms with E-state index >= 15 is 0 Å². The van der Waals surface area contributed by atoms with E-state index in [0.29, 0.717) is 42.8 Å². The Hall–Kier alpha value is -1.85. The highest BCUT2D eigenvalue weighted by Gasteiger charge is 2.31. The standard InChI is InChI=1S/C13H18N2O4/c1-3-10-11(8(2)19-14-10)12(16)15-6-4-5-9(7-15)13(17)18/h9H,3-7H2,1-2H3,(H,17,18)/t9-/m0/s1. The fourth-order valence-electron chi connectivity index (χ4n) is 2.45. The highest BCUT2D eigenvalue weighted by atomic mass is 16.5. The fourth-order valence-corrected chi connectivity index (χ4v) is 2.45. The van der Waals surface area contributed by atoms with Crippen LogP contribution in [0.2, 0.25) is 0 Å². The lowest BCUT2D eigenvalue weighted by molar-refractivity contribution is -0.143. The number of hydrogen-bond acceptors (Lipinski definition) is 4. The maximum atomic E-state index is 12.5. The minimum absolute atomic E-state index is 0.165. The van der Waals surface area contributed by atoms with Gasteiger partial charge < -0.3 is 14.5 Å². The normalized spacial score (nSPS) is 19.5. The summed E-state index contributed by atoms with van der Waals surface area (Å²) < 4.78 is 5.06. The second kappa shape index (κ2) is 5.42. The van der Waals surface area contributed by atoms with Crippen LogP contribution in [0.1, 0.15) is 41.6 Å². The van der Waals surface area contributed by atoms with E-state index in [2.05, 4.69) is 5.16 Å². The number of carboxylic acid groups (broad SMARTS) is 1. The minimum atomic E-state index is -0.838. The molecule has 19 heavy (non-hydrogen) atoms. The van der Waals surface area contributed by atoms with E-state index in [-0.39, 0.29) is 12.5 Å². The van der Waals surface area contributed by atoms with Crippen LogP contribution in [0.4, 0.5) is 0 Å². The van der Waals surface area contributed by atoms with Gasteiger partial charge in [-0.25, -0.2) is 0 Å². The molecule has 1 atom stereocenters. The van der Waals surface area contributed by atoms with Crippen molar-refractivity contribution in [1.82, 2.24) is 10.1 Å². The van der Waals surface area contributed by atoms with Gasteiger partial charge in [0, 0.05) is 13.1 Å². The maximum Gasteiger partial charge on any atom is 0.308 e. The third-order valence-corrected chi connectivity index (χ3v) is 3.54. The number of nitrogens with zero attached hydrogens (tertiary/aromatic N) is 2. The Morgan fingerprint density at radius 3 is 2.89 bits per heavy atom. The largest absolute Gasteiger partial charge is 0.481 e. The van der Waals surface area contributed by atoms with Gasteiger partial charge in [-0.05, 0) is 26.2 Å². The van der Waals surface area contributed by atoms with Crippen LogP contribution in [0.5, 0.6) is 0 Å². The monoisotopic (exact) mass is 266 g/mol. The van der Waals surface area contributed by atoms with Crippen molar-refractivity contribution in [3.63, 3.8) is 0 Å². The van der Waals surface area contributed by atoms with Gasteiger partial charge in [0.1, 0.15) is 11.3 Å². The number of aliphatic carboxylic acids is 1. The van der Waals surface area contributed by atoms with Gasteiger partial charge in [-0.15, -0.1) is 0 Å². The summed E-state index contributed by atoms with van der Waals surface area (Å²) in [7, 11) is 0. The van der Waals surface area contributed by atoms with E-state index in [0.717, 1.165) is 0 Å². The molecule has 0 spiro atoms. The first-order chi connectivity index (χ1) is 9.04. The van der Waals surface area contributed by atoms with Crippen molar-refractivity contribution >= 4 is 11.9 Å². The Balaban J connectivity index is 2.19. The van der Waals surface area contributed by atoms with Gasteiger partial charge in [-0.3, -0.25) is 9.59 Å². The lowest BCUT2D eigenvalue weighted by Crippen LogP contribution is -2.42. The molecule has 2 heterocycles. The third-order valence-electron chi connectivity index (χ3n) is 3.54. The highest BCUT2D eigenvalue weighted by Crippen LogP contribution is 2.22. The summed E-state index contributed by atoms with van der Waals surface area (Å²) >= 11 is 0. The Bertz CT molecular complexity index is 495. The molecule has 0 radical (unpaired) electrons. The first kappa shape index (κ1) is 13.6. The Morgan fingerprint density at radius 1 is 1.53 bits per heavy atom. The quantitative estimate of drug-likeness (QED) is 0.895. The van der Waals surface area contributed by atoms with Gasteiger partial charge in [0.2, 0.25) is 0 Å². The zero-order valence-corrected chi connectivity index (χ0v) is 11.2. The lowest BCUT2D eigenvalue weighted by Gasteiger charge is -2.30. The second-order valence-electron chi connectivity index (χ2n) is 4.84. The van der Waals surface area contributed by atoms with Crippen molar-refractivity contribution in [3.8, 4) is 0 Å². The molecular formula is C13H18N2O4. The lowest BCUT2D eigenvalue weighted by atomic mass is 9.97. The molecule has 0 saturated carbocycles. The molecule has 1 fully saturated rings. The summed E-state index contributed by atoms with van der Waals surface area (Å²) in [4.78, 5) is 25.1. The molecular weight excluding hydrogens is 248 g/mol. The average molecular weight is 266 g/mol. The van der Waals surface area contributed by atoms with E-state index in [1.54, 1.807) is 11.8 Å². The number of hydrogen-bond donors (Lipinski definition) is 1. The Morgan fingerprint density at radius 2 is 2.26 bits per heavy atom. The predicted molar refractivity (Wildman–Crippen MR) is 66.9 cm³/mol. The van der Waals surface area contributed by atoms with Gasteiger partial charge >= 0.3 is 5.97 Å². The van der Waals surface area contributed by atoms with Gasteiger partial charge in [0.25, 0.3) is 5.91 Å². The van der Waals surface area contributed by atoms with Crippen LogP contribution in [0.3, 0.4) is 0 Å². The molecule has 0 aromatic carbocycles. The van der Waals surface area contributed by atoms with E-state index in [1.807, 2.05) is 6.92 Å². The number of carboxylic acids is 1. The molecule has 0 unspecified atom stereocenters. The van der Waals surface area contributed by atoms with Crippen LogP contribution in [-0.2, 0) is 11.2 Å². The molecule has 6 nitrogen and oxygen atoms in total. The molecule has 2 rings (SSSR count). The van der Waals surface area contributed by atoms with Crippen LogP contribution in [0, 0.1) is 12.8 Å². The molecule has 1 aliphatic rings. The number of rotatable bonds is 3. The molecule has 1 aromatic rings. The zero-order valence-electron chi connectivity index (χ0n) is 11.2. The van der Waals surface area contributed by atoms with Crippen molar-refractivity contribution in [2.24, 2.45) is 5.92 Å². The number of amides is 1. The average Bonchev–Trinajstić information content (AvgIpc) is 2.79. The summed E-state index contributed by atoms with van der Waals surface area (Å²) in [5.74, 6) is -0.973. The fraction of sp³-hybridized carbons (Fsp3) is 0.615. The van der Waals surface area contributed by atoms with Crippen LogP contribution >= 0.6 is 0 Å². The summed E-state index contributed by atoms with van der Waals surface area (Å²) in [6.07, 6.45) is 1.96.